The van der Waals surface area contributed by atoms with Gasteiger partial charge in [0.1, 0.15) is 6.61 Å². The van der Waals surface area contributed by atoms with Crippen LogP contribution >= 0.6 is 27.3 Å². The molecule has 1 aromatic heterocycles. The third-order valence-electron chi connectivity index (χ3n) is 3.33. The van der Waals surface area contributed by atoms with E-state index in [1.54, 1.807) is 18.4 Å². The van der Waals surface area contributed by atoms with Crippen molar-refractivity contribution in [2.24, 2.45) is 5.73 Å². The van der Waals surface area contributed by atoms with Gasteiger partial charge in [-0.1, -0.05) is 19.1 Å². The quantitative estimate of drug-likeness (QED) is 0.787. The first-order valence-electron chi connectivity index (χ1n) is 6.91. The number of benzene rings is 1. The molecule has 2 rings (SSSR count). The minimum atomic E-state index is 0.132. The Hall–Kier alpha value is -1.04. The van der Waals surface area contributed by atoms with Gasteiger partial charge in [-0.2, -0.15) is 0 Å². The Balaban J connectivity index is 2.20. The molecule has 0 bridgehead atoms. The summed E-state index contributed by atoms with van der Waals surface area (Å²) >= 11 is 5.19. The Bertz CT molecular complexity index is 585. The lowest BCUT2D eigenvalue weighted by atomic mass is 10.0. The standard InChI is InChI=1S/C16H20BrNO2S/c1-3-12(18)9-11-5-4-6-14(19-2)16(11)20-10-15-13(17)7-8-21-15/h4-8,12H,3,9-10,18H2,1-2H3. The summed E-state index contributed by atoms with van der Waals surface area (Å²) in [6, 6.07) is 8.11. The summed E-state index contributed by atoms with van der Waals surface area (Å²) < 4.78 is 12.5. The van der Waals surface area contributed by atoms with Gasteiger partial charge in [0.2, 0.25) is 0 Å². The normalized spacial score (nSPS) is 12.2. The topological polar surface area (TPSA) is 44.5 Å². The van der Waals surface area contributed by atoms with Crippen molar-refractivity contribution in [2.75, 3.05) is 7.11 Å². The number of methoxy groups -OCH3 is 1. The molecule has 2 aromatic rings. The molecule has 0 amide bonds. The summed E-state index contributed by atoms with van der Waals surface area (Å²) in [5.74, 6) is 1.55. The van der Waals surface area contributed by atoms with Crippen molar-refractivity contribution in [3.8, 4) is 11.5 Å². The van der Waals surface area contributed by atoms with E-state index >= 15 is 0 Å². The van der Waals surface area contributed by atoms with Crippen molar-refractivity contribution < 1.29 is 9.47 Å². The Morgan fingerprint density at radius 1 is 1.33 bits per heavy atom. The lowest BCUT2D eigenvalue weighted by molar-refractivity contribution is 0.283. The predicted octanol–water partition coefficient (Wildman–Crippen LogP) is 4.38. The number of ether oxygens (including phenoxy) is 2. The Morgan fingerprint density at radius 2 is 2.14 bits per heavy atom. The van der Waals surface area contributed by atoms with E-state index < -0.39 is 0 Å². The number of halogens is 1. The Labute approximate surface area is 138 Å². The van der Waals surface area contributed by atoms with E-state index in [2.05, 4.69) is 28.9 Å². The fourth-order valence-corrected chi connectivity index (χ4v) is 3.42. The zero-order chi connectivity index (χ0) is 15.2. The number of hydrogen-bond acceptors (Lipinski definition) is 4. The van der Waals surface area contributed by atoms with E-state index in [1.165, 1.54) is 0 Å². The van der Waals surface area contributed by atoms with Crippen molar-refractivity contribution in [3.05, 3.63) is 44.6 Å². The summed E-state index contributed by atoms with van der Waals surface area (Å²) in [6.07, 6.45) is 1.72. The van der Waals surface area contributed by atoms with Crippen molar-refractivity contribution in [2.45, 2.75) is 32.4 Å². The summed E-state index contributed by atoms with van der Waals surface area (Å²) in [5.41, 5.74) is 7.17. The van der Waals surface area contributed by atoms with Crippen LogP contribution in [0.5, 0.6) is 11.5 Å². The van der Waals surface area contributed by atoms with E-state index in [-0.39, 0.29) is 6.04 Å². The first kappa shape index (κ1) is 16.3. The summed E-state index contributed by atoms with van der Waals surface area (Å²) in [6.45, 7) is 2.61. The molecule has 5 heteroatoms. The molecule has 1 heterocycles. The van der Waals surface area contributed by atoms with Gasteiger partial charge in [0, 0.05) is 10.5 Å². The summed E-state index contributed by atoms with van der Waals surface area (Å²) in [7, 11) is 1.66. The SMILES string of the molecule is CCC(N)Cc1cccc(OC)c1OCc1sccc1Br. The molecule has 0 aliphatic carbocycles. The molecule has 21 heavy (non-hydrogen) atoms. The van der Waals surface area contributed by atoms with Gasteiger partial charge in [-0.15, -0.1) is 11.3 Å². The second kappa shape index (κ2) is 7.82. The van der Waals surface area contributed by atoms with Crippen molar-refractivity contribution in [1.82, 2.24) is 0 Å². The monoisotopic (exact) mass is 369 g/mol. The van der Waals surface area contributed by atoms with Crippen LogP contribution in [0.1, 0.15) is 23.8 Å². The molecule has 1 atom stereocenters. The van der Waals surface area contributed by atoms with Crippen LogP contribution in [-0.2, 0) is 13.0 Å². The van der Waals surface area contributed by atoms with E-state index in [4.69, 9.17) is 15.2 Å². The van der Waals surface area contributed by atoms with Crippen molar-refractivity contribution >= 4 is 27.3 Å². The molecular formula is C16H20BrNO2S. The third-order valence-corrected chi connectivity index (χ3v) is 5.23. The molecule has 1 unspecified atom stereocenters. The molecule has 0 saturated heterocycles. The number of hydrogen-bond donors (Lipinski definition) is 1. The summed E-state index contributed by atoms with van der Waals surface area (Å²) in [4.78, 5) is 1.16. The van der Waals surface area contributed by atoms with Gasteiger partial charge in [-0.05, 0) is 51.8 Å². The van der Waals surface area contributed by atoms with Crippen LogP contribution in [0.3, 0.4) is 0 Å². The van der Waals surface area contributed by atoms with Crippen LogP contribution in [0, 0.1) is 0 Å². The number of rotatable bonds is 7. The lowest BCUT2D eigenvalue weighted by Gasteiger charge is -2.17. The lowest BCUT2D eigenvalue weighted by Crippen LogP contribution is -2.21. The molecule has 3 nitrogen and oxygen atoms in total. The molecule has 0 aliphatic rings. The van der Waals surface area contributed by atoms with Crippen molar-refractivity contribution in [1.29, 1.82) is 0 Å². The molecule has 114 valence electrons. The molecule has 0 spiro atoms. The Kier molecular flexibility index (Phi) is 6.08. The zero-order valence-electron chi connectivity index (χ0n) is 12.3. The van der Waals surface area contributed by atoms with Crippen LogP contribution in [-0.4, -0.2) is 13.2 Å². The fourth-order valence-electron chi connectivity index (χ4n) is 2.04. The van der Waals surface area contributed by atoms with Crippen LogP contribution < -0.4 is 15.2 Å². The number of para-hydroxylation sites is 1. The average molecular weight is 370 g/mol. The molecule has 2 N–H and O–H groups in total. The first-order valence-corrected chi connectivity index (χ1v) is 8.59. The van der Waals surface area contributed by atoms with E-state index in [0.29, 0.717) is 6.61 Å². The second-order valence-electron chi connectivity index (χ2n) is 4.80. The molecular weight excluding hydrogens is 350 g/mol. The maximum Gasteiger partial charge on any atom is 0.164 e. The van der Waals surface area contributed by atoms with Gasteiger partial charge in [0.25, 0.3) is 0 Å². The largest absolute Gasteiger partial charge is 0.493 e. The number of thiophene rings is 1. The van der Waals surface area contributed by atoms with Crippen LogP contribution in [0.25, 0.3) is 0 Å². The van der Waals surface area contributed by atoms with Crippen LogP contribution in [0.15, 0.2) is 34.1 Å². The molecule has 0 fully saturated rings. The highest BCUT2D eigenvalue weighted by molar-refractivity contribution is 9.10. The van der Waals surface area contributed by atoms with Crippen molar-refractivity contribution in [3.63, 3.8) is 0 Å². The minimum Gasteiger partial charge on any atom is -0.493 e. The number of nitrogens with two attached hydrogens (primary N) is 1. The zero-order valence-corrected chi connectivity index (χ0v) is 14.7. The molecule has 0 aliphatic heterocycles. The highest BCUT2D eigenvalue weighted by atomic mass is 79.9. The van der Waals surface area contributed by atoms with Gasteiger partial charge in [-0.3, -0.25) is 0 Å². The minimum absolute atomic E-state index is 0.132. The average Bonchev–Trinajstić information content (AvgIpc) is 2.90. The van der Waals surface area contributed by atoms with Crippen LogP contribution in [0.2, 0.25) is 0 Å². The molecule has 1 aromatic carbocycles. The van der Waals surface area contributed by atoms with Gasteiger partial charge in [-0.25, -0.2) is 0 Å². The van der Waals surface area contributed by atoms with Gasteiger partial charge < -0.3 is 15.2 Å². The predicted molar refractivity (Wildman–Crippen MR) is 91.3 cm³/mol. The summed E-state index contributed by atoms with van der Waals surface area (Å²) in [5, 5.41) is 2.04. The second-order valence-corrected chi connectivity index (χ2v) is 6.66. The van der Waals surface area contributed by atoms with E-state index in [1.807, 2.05) is 23.6 Å². The molecule has 0 saturated carbocycles. The maximum absolute atomic E-state index is 6.08. The highest BCUT2D eigenvalue weighted by Crippen LogP contribution is 2.34. The van der Waals surface area contributed by atoms with Gasteiger partial charge in [0.15, 0.2) is 11.5 Å². The highest BCUT2D eigenvalue weighted by Gasteiger charge is 2.14. The molecule has 0 radical (unpaired) electrons. The third kappa shape index (κ3) is 4.22. The van der Waals surface area contributed by atoms with E-state index in [0.717, 1.165) is 39.3 Å². The Morgan fingerprint density at radius 3 is 2.76 bits per heavy atom. The smallest absolute Gasteiger partial charge is 0.164 e. The van der Waals surface area contributed by atoms with E-state index in [9.17, 15) is 0 Å². The van der Waals surface area contributed by atoms with Gasteiger partial charge in [0.05, 0.1) is 12.0 Å². The van der Waals surface area contributed by atoms with Crippen LogP contribution in [0.4, 0.5) is 0 Å². The fraction of sp³-hybridized carbons (Fsp3) is 0.375. The first-order chi connectivity index (χ1) is 10.2. The maximum atomic E-state index is 6.08. The van der Waals surface area contributed by atoms with Gasteiger partial charge >= 0.3 is 0 Å².